The molecule has 0 saturated heterocycles. The van der Waals surface area contributed by atoms with E-state index in [9.17, 15) is 5.11 Å². The van der Waals surface area contributed by atoms with Gasteiger partial charge in [-0.15, -0.1) is 0 Å². The molecule has 0 bridgehead atoms. The fraction of sp³-hybridized carbons (Fsp3) is 0.200. The van der Waals surface area contributed by atoms with Gasteiger partial charge in [-0.05, 0) is 41.9 Å². The second kappa shape index (κ2) is 8.77. The lowest BCUT2D eigenvalue weighted by Gasteiger charge is -2.28. The van der Waals surface area contributed by atoms with Crippen LogP contribution < -0.4 is 5.73 Å². The highest BCUT2D eigenvalue weighted by Gasteiger charge is 2.27. The summed E-state index contributed by atoms with van der Waals surface area (Å²) in [5.74, 6) is 0.303. The highest BCUT2D eigenvalue weighted by Crippen LogP contribution is 2.39. The van der Waals surface area contributed by atoms with Gasteiger partial charge in [0.2, 0.25) is 0 Å². The Morgan fingerprint density at radius 1 is 0.857 bits per heavy atom. The summed E-state index contributed by atoms with van der Waals surface area (Å²) in [6.45, 7) is 4.72. The molecule has 0 spiro atoms. The number of rotatable bonds is 2. The summed E-state index contributed by atoms with van der Waals surface area (Å²) in [7, 11) is 2.06. The molecule has 1 aliphatic rings. The maximum Gasteiger partial charge on any atom is 0.120 e. The first-order chi connectivity index (χ1) is 13.6. The zero-order valence-electron chi connectivity index (χ0n) is 16.8. The Bertz CT molecular complexity index is 963. The Morgan fingerprint density at radius 2 is 1.54 bits per heavy atom. The van der Waals surface area contributed by atoms with Crippen LogP contribution in [0.2, 0.25) is 0 Å². The molecule has 0 aromatic heterocycles. The van der Waals surface area contributed by atoms with E-state index in [0.717, 1.165) is 40.1 Å². The van der Waals surface area contributed by atoms with Crippen molar-refractivity contribution >= 4 is 5.70 Å². The summed E-state index contributed by atoms with van der Waals surface area (Å²) in [4.78, 5) is 2.21. The van der Waals surface area contributed by atoms with E-state index in [1.54, 1.807) is 6.07 Å². The number of nitrogens with zero attached hydrogens (tertiary/aromatic N) is 1. The van der Waals surface area contributed by atoms with E-state index in [0.29, 0.717) is 5.75 Å². The number of hydrogen-bond acceptors (Lipinski definition) is 3. The highest BCUT2D eigenvalue weighted by molar-refractivity contribution is 5.70. The molecule has 0 radical (unpaired) electrons. The summed E-state index contributed by atoms with van der Waals surface area (Å²) < 4.78 is 0. The number of hydrogen-bond donors (Lipinski definition) is 2. The maximum atomic E-state index is 10.7. The monoisotopic (exact) mass is 372 g/mol. The third kappa shape index (κ3) is 3.80. The molecule has 3 aromatic rings. The zero-order valence-corrected chi connectivity index (χ0v) is 16.8. The highest BCUT2D eigenvalue weighted by atomic mass is 16.3. The van der Waals surface area contributed by atoms with Gasteiger partial charge in [0, 0.05) is 23.4 Å². The van der Waals surface area contributed by atoms with Crippen molar-refractivity contribution in [1.82, 2.24) is 4.90 Å². The summed E-state index contributed by atoms with van der Waals surface area (Å²) in [6, 6.07) is 24.2. The van der Waals surface area contributed by atoms with Crippen molar-refractivity contribution in [2.75, 3.05) is 13.6 Å². The van der Waals surface area contributed by atoms with E-state index in [1.165, 1.54) is 0 Å². The van der Waals surface area contributed by atoms with E-state index in [1.807, 2.05) is 62.4 Å². The predicted octanol–water partition coefficient (Wildman–Crippen LogP) is 5.42. The number of benzene rings is 3. The van der Waals surface area contributed by atoms with Gasteiger partial charge in [0.05, 0.1) is 6.04 Å². The molecule has 144 valence electrons. The number of fused-ring (bicyclic) bond motifs is 1. The molecule has 1 atom stereocenters. The van der Waals surface area contributed by atoms with Crippen molar-refractivity contribution in [2.45, 2.75) is 19.9 Å². The van der Waals surface area contributed by atoms with Crippen LogP contribution >= 0.6 is 0 Å². The van der Waals surface area contributed by atoms with Crippen LogP contribution in [0.1, 0.15) is 36.6 Å². The molecule has 0 fully saturated rings. The van der Waals surface area contributed by atoms with Crippen LogP contribution in [0.4, 0.5) is 0 Å². The minimum absolute atomic E-state index is 0.0628. The quantitative estimate of drug-likeness (QED) is 0.631. The minimum atomic E-state index is -0.0628. The topological polar surface area (TPSA) is 49.5 Å². The molecule has 1 heterocycles. The Labute approximate surface area is 167 Å². The standard InChI is InChI=1S/C23H22N2O.C2H6/c1-25-14-13-21(24)18-9-5-6-10-19(18)23(25)20-15-17(11-12-22(20)26)16-7-3-2-4-8-16;1-2/h2-13,15,23,26H,14,24H2,1H3;1-2H3. The molecular weight excluding hydrogens is 344 g/mol. The number of aromatic hydroxyl groups is 1. The summed E-state index contributed by atoms with van der Waals surface area (Å²) in [5, 5.41) is 10.7. The van der Waals surface area contributed by atoms with Crippen molar-refractivity contribution in [3.05, 3.63) is 95.6 Å². The first-order valence-corrected chi connectivity index (χ1v) is 9.78. The van der Waals surface area contributed by atoms with Crippen LogP contribution in [0, 0.1) is 0 Å². The summed E-state index contributed by atoms with van der Waals surface area (Å²) >= 11 is 0. The largest absolute Gasteiger partial charge is 0.508 e. The molecule has 0 aliphatic carbocycles. The summed E-state index contributed by atoms with van der Waals surface area (Å²) in [6.07, 6.45) is 2.04. The van der Waals surface area contributed by atoms with Crippen LogP contribution in [0.3, 0.4) is 0 Å². The van der Waals surface area contributed by atoms with E-state index in [4.69, 9.17) is 5.73 Å². The number of phenolic OH excluding ortho intramolecular Hbond substituents is 1. The molecule has 0 saturated carbocycles. The fourth-order valence-corrected chi connectivity index (χ4v) is 3.68. The molecule has 3 aromatic carbocycles. The average Bonchev–Trinajstić information content (AvgIpc) is 2.87. The molecule has 3 nitrogen and oxygen atoms in total. The van der Waals surface area contributed by atoms with Gasteiger partial charge < -0.3 is 10.8 Å². The minimum Gasteiger partial charge on any atom is -0.508 e. The smallest absolute Gasteiger partial charge is 0.120 e. The van der Waals surface area contributed by atoms with E-state index < -0.39 is 0 Å². The normalized spacial score (nSPS) is 16.2. The lowest BCUT2D eigenvalue weighted by Crippen LogP contribution is -2.25. The number of likely N-dealkylation sites (N-methyl/N-ethyl adjacent to an activating group) is 1. The van der Waals surface area contributed by atoms with Gasteiger partial charge in [0.15, 0.2) is 0 Å². The molecule has 1 unspecified atom stereocenters. The van der Waals surface area contributed by atoms with Gasteiger partial charge in [0.25, 0.3) is 0 Å². The molecule has 0 amide bonds. The third-order valence-electron chi connectivity index (χ3n) is 5.04. The van der Waals surface area contributed by atoms with Gasteiger partial charge in [0.1, 0.15) is 5.75 Å². The Balaban J connectivity index is 0.00000109. The third-order valence-corrected chi connectivity index (χ3v) is 5.04. The first-order valence-electron chi connectivity index (χ1n) is 9.78. The van der Waals surface area contributed by atoms with Gasteiger partial charge in [-0.1, -0.05) is 74.5 Å². The molecule has 1 aliphatic heterocycles. The van der Waals surface area contributed by atoms with E-state index in [2.05, 4.69) is 36.2 Å². The van der Waals surface area contributed by atoms with Crippen molar-refractivity contribution in [1.29, 1.82) is 0 Å². The van der Waals surface area contributed by atoms with Crippen molar-refractivity contribution < 1.29 is 5.11 Å². The molecule has 3 heteroatoms. The predicted molar refractivity (Wildman–Crippen MR) is 118 cm³/mol. The number of nitrogens with two attached hydrogens (primary N) is 1. The molecule has 4 rings (SSSR count). The van der Waals surface area contributed by atoms with Gasteiger partial charge >= 0.3 is 0 Å². The van der Waals surface area contributed by atoms with Gasteiger partial charge in [-0.3, -0.25) is 4.90 Å². The van der Waals surface area contributed by atoms with E-state index >= 15 is 0 Å². The second-order valence-corrected chi connectivity index (χ2v) is 6.73. The maximum absolute atomic E-state index is 10.7. The molecular formula is C25H28N2O. The van der Waals surface area contributed by atoms with Crippen LogP contribution in [0.15, 0.2) is 78.9 Å². The first kappa shape index (κ1) is 19.7. The Kier molecular flexibility index (Phi) is 6.17. The van der Waals surface area contributed by atoms with E-state index in [-0.39, 0.29) is 6.04 Å². The molecule has 28 heavy (non-hydrogen) atoms. The molecule has 3 N–H and O–H groups in total. The Hall–Kier alpha value is -3.04. The van der Waals surface area contributed by atoms with Crippen molar-refractivity contribution in [3.63, 3.8) is 0 Å². The summed E-state index contributed by atoms with van der Waals surface area (Å²) in [5.41, 5.74) is 12.3. The second-order valence-electron chi connectivity index (χ2n) is 6.73. The SMILES string of the molecule is CC.CN1CC=C(N)c2ccccc2C1c1cc(-c2ccccc2)ccc1O. The van der Waals surface area contributed by atoms with Crippen LogP contribution in [-0.2, 0) is 0 Å². The fourth-order valence-electron chi connectivity index (χ4n) is 3.68. The van der Waals surface area contributed by atoms with Crippen LogP contribution in [-0.4, -0.2) is 23.6 Å². The average molecular weight is 373 g/mol. The van der Waals surface area contributed by atoms with Crippen LogP contribution in [0.5, 0.6) is 5.75 Å². The van der Waals surface area contributed by atoms with Gasteiger partial charge in [-0.2, -0.15) is 0 Å². The lowest BCUT2D eigenvalue weighted by atomic mass is 9.90. The van der Waals surface area contributed by atoms with Crippen LogP contribution in [0.25, 0.3) is 16.8 Å². The Morgan fingerprint density at radius 3 is 2.29 bits per heavy atom. The zero-order chi connectivity index (χ0) is 20.1. The number of phenols is 1. The van der Waals surface area contributed by atoms with Gasteiger partial charge in [-0.25, -0.2) is 0 Å². The lowest BCUT2D eigenvalue weighted by molar-refractivity contribution is 0.303. The van der Waals surface area contributed by atoms with Crippen molar-refractivity contribution in [3.8, 4) is 16.9 Å². The van der Waals surface area contributed by atoms with Crippen molar-refractivity contribution in [2.24, 2.45) is 5.73 Å².